The van der Waals surface area contributed by atoms with E-state index in [1.165, 1.54) is 9.79 Å². The number of aliphatic hydroxyl groups is 1. The summed E-state index contributed by atoms with van der Waals surface area (Å²) in [7, 11) is 4.17. The van der Waals surface area contributed by atoms with Gasteiger partial charge in [-0.1, -0.05) is 42.1 Å². The SMILES string of the molecule is CN(C)CCCCC(C)(O)c1ccc(Sc2ccccc2)cc1. The van der Waals surface area contributed by atoms with Gasteiger partial charge in [0.25, 0.3) is 0 Å². The Morgan fingerprint density at radius 2 is 1.52 bits per heavy atom. The highest BCUT2D eigenvalue weighted by Gasteiger charge is 2.22. The highest BCUT2D eigenvalue weighted by Crippen LogP contribution is 2.31. The van der Waals surface area contributed by atoms with Crippen molar-refractivity contribution < 1.29 is 5.11 Å². The zero-order valence-electron chi connectivity index (χ0n) is 14.3. The van der Waals surface area contributed by atoms with Crippen LogP contribution in [0.5, 0.6) is 0 Å². The summed E-state index contributed by atoms with van der Waals surface area (Å²) in [5.74, 6) is 0. The molecule has 1 N–H and O–H groups in total. The third-order valence-electron chi connectivity index (χ3n) is 3.97. The molecule has 0 aliphatic carbocycles. The van der Waals surface area contributed by atoms with E-state index in [0.717, 1.165) is 31.4 Å². The van der Waals surface area contributed by atoms with E-state index in [4.69, 9.17) is 0 Å². The molecule has 2 rings (SSSR count). The van der Waals surface area contributed by atoms with Crippen LogP contribution < -0.4 is 0 Å². The third kappa shape index (κ3) is 6.02. The molecule has 0 spiro atoms. The molecule has 124 valence electrons. The van der Waals surface area contributed by atoms with Gasteiger partial charge < -0.3 is 10.0 Å². The zero-order valence-corrected chi connectivity index (χ0v) is 15.1. The second-order valence-electron chi connectivity index (χ2n) is 6.47. The van der Waals surface area contributed by atoms with Crippen molar-refractivity contribution in [3.63, 3.8) is 0 Å². The Morgan fingerprint density at radius 1 is 0.913 bits per heavy atom. The summed E-state index contributed by atoms with van der Waals surface area (Å²) < 4.78 is 0. The summed E-state index contributed by atoms with van der Waals surface area (Å²) in [5, 5.41) is 10.7. The van der Waals surface area contributed by atoms with Crippen molar-refractivity contribution >= 4 is 11.8 Å². The molecule has 0 amide bonds. The van der Waals surface area contributed by atoms with Crippen LogP contribution in [0, 0.1) is 0 Å². The van der Waals surface area contributed by atoms with Crippen molar-refractivity contribution in [2.24, 2.45) is 0 Å². The molecule has 23 heavy (non-hydrogen) atoms. The van der Waals surface area contributed by atoms with E-state index < -0.39 is 5.60 Å². The van der Waals surface area contributed by atoms with Crippen LogP contribution in [0.25, 0.3) is 0 Å². The molecule has 0 fully saturated rings. The lowest BCUT2D eigenvalue weighted by Crippen LogP contribution is -2.21. The lowest BCUT2D eigenvalue weighted by molar-refractivity contribution is 0.0444. The molecule has 2 nitrogen and oxygen atoms in total. The first kappa shape index (κ1) is 18.1. The second-order valence-corrected chi connectivity index (χ2v) is 7.62. The number of rotatable bonds is 8. The van der Waals surface area contributed by atoms with Crippen LogP contribution in [-0.2, 0) is 5.60 Å². The molecule has 0 saturated carbocycles. The predicted octanol–water partition coefficient (Wildman–Crippen LogP) is 4.78. The Labute approximate surface area is 144 Å². The lowest BCUT2D eigenvalue weighted by atomic mass is 9.90. The van der Waals surface area contributed by atoms with Crippen LogP contribution in [0.3, 0.4) is 0 Å². The second kappa shape index (κ2) is 8.53. The van der Waals surface area contributed by atoms with Gasteiger partial charge in [0, 0.05) is 9.79 Å². The van der Waals surface area contributed by atoms with Crippen LogP contribution in [0.2, 0.25) is 0 Å². The molecule has 0 aromatic heterocycles. The molecule has 0 saturated heterocycles. The van der Waals surface area contributed by atoms with E-state index in [0.29, 0.717) is 0 Å². The molecular weight excluding hydrogens is 302 g/mol. The summed E-state index contributed by atoms with van der Waals surface area (Å²) in [5.41, 5.74) is 0.252. The Kier molecular flexibility index (Phi) is 6.70. The van der Waals surface area contributed by atoms with E-state index in [1.54, 1.807) is 11.8 Å². The fraction of sp³-hybridized carbons (Fsp3) is 0.400. The minimum atomic E-state index is -0.748. The molecule has 1 unspecified atom stereocenters. The standard InChI is InChI=1S/C20H27NOS/c1-20(22,15-7-8-16-21(2)3)17-11-13-19(14-12-17)23-18-9-5-4-6-10-18/h4-6,9-14,22H,7-8,15-16H2,1-3H3. The first-order valence-corrected chi connectivity index (χ1v) is 8.99. The van der Waals surface area contributed by atoms with Crippen LogP contribution in [0.4, 0.5) is 0 Å². The topological polar surface area (TPSA) is 23.5 Å². The fourth-order valence-corrected chi connectivity index (χ4v) is 3.39. The summed E-state index contributed by atoms with van der Waals surface area (Å²) in [6, 6.07) is 18.7. The molecule has 0 aliphatic heterocycles. The van der Waals surface area contributed by atoms with Crippen molar-refractivity contribution in [3.05, 3.63) is 60.2 Å². The van der Waals surface area contributed by atoms with Gasteiger partial charge in [-0.2, -0.15) is 0 Å². The molecule has 1 atom stereocenters. The van der Waals surface area contributed by atoms with Gasteiger partial charge in [0.05, 0.1) is 5.60 Å². The maximum Gasteiger partial charge on any atom is 0.0868 e. The number of hydrogen-bond donors (Lipinski definition) is 1. The number of unbranched alkanes of at least 4 members (excludes halogenated alkanes) is 1. The normalized spacial score (nSPS) is 14.0. The molecule has 0 radical (unpaired) electrons. The first-order valence-electron chi connectivity index (χ1n) is 8.18. The van der Waals surface area contributed by atoms with Crippen molar-refractivity contribution in [3.8, 4) is 0 Å². The van der Waals surface area contributed by atoms with E-state index in [2.05, 4.69) is 67.5 Å². The quantitative estimate of drug-likeness (QED) is 0.705. The van der Waals surface area contributed by atoms with Crippen LogP contribution >= 0.6 is 11.8 Å². The number of hydrogen-bond acceptors (Lipinski definition) is 3. The smallest absolute Gasteiger partial charge is 0.0868 e. The summed E-state index contributed by atoms with van der Waals surface area (Å²) >= 11 is 1.74. The maximum atomic E-state index is 10.7. The van der Waals surface area contributed by atoms with Crippen molar-refractivity contribution in [1.29, 1.82) is 0 Å². The van der Waals surface area contributed by atoms with E-state index in [9.17, 15) is 5.11 Å². The molecular formula is C20H27NOS. The van der Waals surface area contributed by atoms with Crippen molar-refractivity contribution in [2.75, 3.05) is 20.6 Å². The third-order valence-corrected chi connectivity index (χ3v) is 4.99. The molecule has 0 heterocycles. The van der Waals surface area contributed by atoms with Gasteiger partial charge in [-0.15, -0.1) is 0 Å². The highest BCUT2D eigenvalue weighted by atomic mass is 32.2. The number of benzene rings is 2. The van der Waals surface area contributed by atoms with Gasteiger partial charge in [0.15, 0.2) is 0 Å². The van der Waals surface area contributed by atoms with Crippen LogP contribution in [0.15, 0.2) is 64.4 Å². The van der Waals surface area contributed by atoms with Gasteiger partial charge >= 0.3 is 0 Å². The Balaban J connectivity index is 1.92. The Hall–Kier alpha value is -1.29. The van der Waals surface area contributed by atoms with Gasteiger partial charge in [-0.05, 0) is 76.7 Å². The lowest BCUT2D eigenvalue weighted by Gasteiger charge is -2.24. The fourth-order valence-electron chi connectivity index (χ4n) is 2.55. The maximum absolute atomic E-state index is 10.7. The predicted molar refractivity (Wildman–Crippen MR) is 99.0 cm³/mol. The zero-order chi connectivity index (χ0) is 16.7. The average Bonchev–Trinajstić information content (AvgIpc) is 2.53. The molecule has 3 heteroatoms. The Morgan fingerprint density at radius 3 is 2.13 bits per heavy atom. The van der Waals surface area contributed by atoms with E-state index in [1.807, 2.05) is 13.0 Å². The van der Waals surface area contributed by atoms with Gasteiger partial charge in [0.2, 0.25) is 0 Å². The largest absolute Gasteiger partial charge is 0.385 e. The minimum Gasteiger partial charge on any atom is -0.385 e. The van der Waals surface area contributed by atoms with Crippen molar-refractivity contribution in [1.82, 2.24) is 4.90 Å². The van der Waals surface area contributed by atoms with Crippen LogP contribution in [0.1, 0.15) is 31.7 Å². The monoisotopic (exact) mass is 329 g/mol. The molecule has 2 aromatic carbocycles. The molecule has 0 aliphatic rings. The Bertz CT molecular complexity index is 578. The van der Waals surface area contributed by atoms with E-state index >= 15 is 0 Å². The van der Waals surface area contributed by atoms with Crippen molar-refractivity contribution in [2.45, 2.75) is 41.6 Å². The van der Waals surface area contributed by atoms with Gasteiger partial charge in [-0.3, -0.25) is 0 Å². The summed E-state index contributed by atoms with van der Waals surface area (Å²) in [6.45, 7) is 2.99. The van der Waals surface area contributed by atoms with Gasteiger partial charge in [-0.25, -0.2) is 0 Å². The highest BCUT2D eigenvalue weighted by molar-refractivity contribution is 7.99. The summed E-state index contributed by atoms with van der Waals surface area (Å²) in [6.07, 6.45) is 2.95. The average molecular weight is 330 g/mol. The summed E-state index contributed by atoms with van der Waals surface area (Å²) in [4.78, 5) is 4.61. The van der Waals surface area contributed by atoms with Gasteiger partial charge in [0.1, 0.15) is 0 Å². The minimum absolute atomic E-state index is 0.748. The number of nitrogens with zero attached hydrogens (tertiary/aromatic N) is 1. The molecule has 2 aromatic rings. The van der Waals surface area contributed by atoms with Crippen LogP contribution in [-0.4, -0.2) is 30.6 Å². The molecule has 0 bridgehead atoms. The first-order chi connectivity index (χ1) is 11.0. The van der Waals surface area contributed by atoms with E-state index in [-0.39, 0.29) is 0 Å².